The van der Waals surface area contributed by atoms with E-state index in [1.54, 1.807) is 24.3 Å². The number of alkyl halides is 3. The number of phenolic OH excluding ortho intramolecular Hbond substituents is 1. The van der Waals surface area contributed by atoms with Gasteiger partial charge in [0.1, 0.15) is 29.5 Å². The summed E-state index contributed by atoms with van der Waals surface area (Å²) in [5, 5.41) is 18.4. The number of ether oxygens (including phenoxy) is 3. The summed E-state index contributed by atoms with van der Waals surface area (Å²) in [6, 6.07) is 8.27. The van der Waals surface area contributed by atoms with Crippen LogP contribution >= 0.6 is 11.3 Å². The predicted molar refractivity (Wildman–Crippen MR) is 212 cm³/mol. The number of piperidine rings is 1. The van der Waals surface area contributed by atoms with Gasteiger partial charge in [0.2, 0.25) is 5.91 Å². The van der Waals surface area contributed by atoms with Gasteiger partial charge in [0.05, 0.1) is 43.4 Å². The highest BCUT2D eigenvalue weighted by atomic mass is 32.1. The molecule has 0 radical (unpaired) electrons. The van der Waals surface area contributed by atoms with Gasteiger partial charge in [-0.2, -0.15) is 13.2 Å². The fourth-order valence-corrected chi connectivity index (χ4v) is 8.33. The molecule has 2 aromatic carbocycles. The van der Waals surface area contributed by atoms with Gasteiger partial charge in [0.15, 0.2) is 12.4 Å². The van der Waals surface area contributed by atoms with Crippen molar-refractivity contribution in [2.45, 2.75) is 70.2 Å². The number of halogens is 4. The molecule has 18 heteroatoms. The molecule has 3 amide bonds. The maximum absolute atomic E-state index is 15.6. The zero-order valence-electron chi connectivity index (χ0n) is 33.4. The molecular formula is C41H52F4N6O7S. The number of likely N-dealkylation sites (tertiary alicyclic amines) is 1. The fourth-order valence-electron chi connectivity index (χ4n) is 7.52. The van der Waals surface area contributed by atoms with Crippen molar-refractivity contribution in [3.8, 4) is 11.5 Å². The van der Waals surface area contributed by atoms with Crippen LogP contribution in [0, 0.1) is 5.82 Å². The minimum Gasteiger partial charge on any atom is -0.506 e. The number of rotatable bonds is 17. The average Bonchev–Trinajstić information content (AvgIpc) is 3.71. The van der Waals surface area contributed by atoms with Gasteiger partial charge in [-0.3, -0.25) is 19.3 Å². The van der Waals surface area contributed by atoms with Crippen molar-refractivity contribution in [2.24, 2.45) is 0 Å². The number of aromatic hydroxyl groups is 1. The van der Waals surface area contributed by atoms with E-state index < -0.39 is 30.1 Å². The van der Waals surface area contributed by atoms with Crippen LogP contribution in [0.25, 0.3) is 0 Å². The summed E-state index contributed by atoms with van der Waals surface area (Å²) in [7, 11) is 0. The number of carbonyl (C=O) groups excluding carboxylic acids is 3. The van der Waals surface area contributed by atoms with E-state index in [4.69, 9.17) is 14.2 Å². The quantitative estimate of drug-likeness (QED) is 0.0952. The van der Waals surface area contributed by atoms with Crippen LogP contribution in [-0.2, 0) is 38.4 Å². The molecule has 3 aliphatic heterocycles. The molecule has 0 aliphatic carbocycles. The van der Waals surface area contributed by atoms with Crippen LogP contribution in [0.1, 0.15) is 71.2 Å². The summed E-state index contributed by atoms with van der Waals surface area (Å²) in [6.07, 6.45) is -2.82. The number of morpholine rings is 1. The number of anilines is 1. The second kappa shape index (κ2) is 19.8. The Hall–Kier alpha value is -4.36. The Bertz CT molecular complexity index is 1940. The minimum absolute atomic E-state index is 0.0747. The van der Waals surface area contributed by atoms with Gasteiger partial charge in [-0.25, -0.2) is 9.37 Å². The number of hydrogen-bond donors (Lipinski definition) is 3. The summed E-state index contributed by atoms with van der Waals surface area (Å²) in [6.45, 7) is 5.94. The van der Waals surface area contributed by atoms with Gasteiger partial charge in [-0.1, -0.05) is 38.1 Å². The molecule has 0 saturated carbocycles. The molecule has 3 aromatic rings. The monoisotopic (exact) mass is 848 g/mol. The van der Waals surface area contributed by atoms with Gasteiger partial charge in [-0.15, -0.1) is 11.3 Å². The maximum Gasteiger partial charge on any atom is 0.406 e. The first-order valence-electron chi connectivity index (χ1n) is 20.0. The number of carbonyl (C=O) groups is 3. The molecule has 4 heterocycles. The average molecular weight is 849 g/mol. The number of aromatic nitrogens is 1. The third kappa shape index (κ3) is 11.9. The number of phenols is 1. The Morgan fingerprint density at radius 2 is 1.86 bits per heavy atom. The summed E-state index contributed by atoms with van der Waals surface area (Å²) < 4.78 is 73.0. The Labute approximate surface area is 345 Å². The zero-order chi connectivity index (χ0) is 42.2. The van der Waals surface area contributed by atoms with Gasteiger partial charge in [0.25, 0.3) is 11.8 Å². The van der Waals surface area contributed by atoms with Crippen LogP contribution in [-0.4, -0.2) is 133 Å². The fraction of sp³-hybridized carbons (Fsp3) is 0.561. The lowest BCUT2D eigenvalue weighted by Gasteiger charge is -2.47. The standard InChI is InChI=1S/C41H52F4N6O7S/c1-27(2)38-47-31(24-59-38)39(55)51-18-21-58-40(25-51)11-15-49(16-12-40)22-30-5-3-4-28(35(30)42)9-19-56-20-10-34(54)50(26-41(43,44)45)17-14-46-13-8-29-6-7-32(52)36-37(29)57-23-33(53)48-36/h3-7,24,27,46,52H,8-23,25-26H2,1-2H3,(H,48,53). The third-order valence-electron chi connectivity index (χ3n) is 10.7. The van der Waals surface area contributed by atoms with Crippen LogP contribution in [0.3, 0.4) is 0 Å². The molecule has 3 N–H and O–H groups in total. The second-order valence-corrected chi connectivity index (χ2v) is 16.4. The van der Waals surface area contributed by atoms with E-state index >= 15 is 4.39 Å². The number of fused-ring (bicyclic) bond motifs is 1. The molecule has 322 valence electrons. The SMILES string of the molecule is CC(C)c1nc(C(=O)N2CCOC3(CCN(Cc4cccc(CCOCCC(=O)N(CCNCCc5ccc(O)c6c5OCC(=O)N6)CC(F)(F)F)c4F)CC3)C2)cs1. The molecule has 2 fully saturated rings. The lowest BCUT2D eigenvalue weighted by atomic mass is 9.89. The zero-order valence-corrected chi connectivity index (χ0v) is 34.2. The molecule has 0 unspecified atom stereocenters. The van der Waals surface area contributed by atoms with E-state index in [2.05, 4.69) is 34.4 Å². The van der Waals surface area contributed by atoms with Gasteiger partial charge in [0, 0.05) is 56.1 Å². The Morgan fingerprint density at radius 1 is 1.08 bits per heavy atom. The number of benzene rings is 2. The molecule has 6 rings (SSSR count). The van der Waals surface area contributed by atoms with Crippen molar-refractivity contribution in [3.63, 3.8) is 0 Å². The Morgan fingerprint density at radius 3 is 2.61 bits per heavy atom. The lowest BCUT2D eigenvalue weighted by molar-refractivity contribution is -0.161. The molecule has 0 atom stereocenters. The molecule has 59 heavy (non-hydrogen) atoms. The van der Waals surface area contributed by atoms with E-state index in [0.29, 0.717) is 93.3 Å². The van der Waals surface area contributed by atoms with E-state index in [0.717, 1.165) is 9.91 Å². The molecule has 1 aromatic heterocycles. The van der Waals surface area contributed by atoms with Crippen molar-refractivity contribution in [2.75, 3.05) is 84.1 Å². The largest absolute Gasteiger partial charge is 0.506 e. The van der Waals surface area contributed by atoms with Crippen LogP contribution in [0.5, 0.6) is 11.5 Å². The molecule has 2 saturated heterocycles. The predicted octanol–water partition coefficient (Wildman–Crippen LogP) is 5.12. The first-order valence-corrected chi connectivity index (χ1v) is 20.9. The highest BCUT2D eigenvalue weighted by Crippen LogP contribution is 2.39. The number of amides is 3. The van der Waals surface area contributed by atoms with E-state index in [9.17, 15) is 32.7 Å². The Kier molecular flexibility index (Phi) is 14.8. The van der Waals surface area contributed by atoms with Crippen LogP contribution in [0.4, 0.5) is 23.2 Å². The summed E-state index contributed by atoms with van der Waals surface area (Å²) in [4.78, 5) is 47.0. The first kappa shape index (κ1) is 44.2. The molecule has 1 spiro atoms. The smallest absolute Gasteiger partial charge is 0.406 e. The Balaban J connectivity index is 0.906. The van der Waals surface area contributed by atoms with E-state index in [1.807, 2.05) is 10.3 Å². The summed E-state index contributed by atoms with van der Waals surface area (Å²) >= 11 is 1.50. The van der Waals surface area contributed by atoms with Crippen molar-refractivity contribution in [1.29, 1.82) is 0 Å². The van der Waals surface area contributed by atoms with Crippen molar-refractivity contribution < 1.29 is 51.3 Å². The highest BCUT2D eigenvalue weighted by molar-refractivity contribution is 7.09. The molecule has 13 nitrogen and oxygen atoms in total. The van der Waals surface area contributed by atoms with Crippen molar-refractivity contribution in [1.82, 2.24) is 25.0 Å². The van der Waals surface area contributed by atoms with E-state index in [1.165, 1.54) is 17.4 Å². The molecule has 3 aliphatic rings. The normalized spacial score (nSPS) is 16.9. The van der Waals surface area contributed by atoms with Crippen LogP contribution in [0.15, 0.2) is 35.7 Å². The first-order chi connectivity index (χ1) is 28.2. The van der Waals surface area contributed by atoms with Gasteiger partial charge in [-0.05, 0) is 49.4 Å². The van der Waals surface area contributed by atoms with Gasteiger partial charge >= 0.3 is 6.18 Å². The summed E-state index contributed by atoms with van der Waals surface area (Å²) in [5.74, 6) is -1.06. The topological polar surface area (TPSA) is 146 Å². The van der Waals surface area contributed by atoms with Crippen molar-refractivity contribution >= 4 is 34.7 Å². The number of hydrogen-bond acceptors (Lipinski definition) is 11. The minimum atomic E-state index is -4.59. The number of thiazole rings is 1. The third-order valence-corrected chi connectivity index (χ3v) is 11.9. The second-order valence-electron chi connectivity index (χ2n) is 15.5. The van der Waals surface area contributed by atoms with Crippen LogP contribution < -0.4 is 15.4 Å². The molecule has 0 bridgehead atoms. The van der Waals surface area contributed by atoms with E-state index in [-0.39, 0.29) is 74.8 Å². The maximum atomic E-state index is 15.6. The number of nitrogens with one attached hydrogen (secondary N) is 2. The number of nitrogens with zero attached hydrogens (tertiary/aromatic N) is 4. The van der Waals surface area contributed by atoms with Gasteiger partial charge < -0.3 is 39.8 Å². The van der Waals surface area contributed by atoms with Crippen molar-refractivity contribution in [3.05, 3.63) is 68.9 Å². The van der Waals surface area contributed by atoms with Crippen LogP contribution in [0.2, 0.25) is 0 Å². The lowest BCUT2D eigenvalue weighted by Crippen LogP contribution is -2.58. The summed E-state index contributed by atoms with van der Waals surface area (Å²) in [5.41, 5.74) is 1.89. The highest BCUT2D eigenvalue weighted by Gasteiger charge is 2.41. The molecular weight excluding hydrogens is 797 g/mol.